The molecule has 0 unspecified atom stereocenters. The van der Waals surface area contributed by atoms with Crippen molar-refractivity contribution in [3.8, 4) is 10.6 Å². The largest absolute Gasteiger partial charge is 0.369 e. The lowest BCUT2D eigenvalue weighted by Gasteiger charge is -2.09. The van der Waals surface area contributed by atoms with Gasteiger partial charge in [-0.05, 0) is 17.9 Å². The van der Waals surface area contributed by atoms with Crippen LogP contribution in [-0.4, -0.2) is 27.7 Å². The van der Waals surface area contributed by atoms with Crippen molar-refractivity contribution in [3.63, 3.8) is 0 Å². The summed E-state index contributed by atoms with van der Waals surface area (Å²) in [7, 11) is 0. The summed E-state index contributed by atoms with van der Waals surface area (Å²) in [5.74, 6) is 0.955. The van der Waals surface area contributed by atoms with Crippen molar-refractivity contribution in [2.45, 2.75) is 19.8 Å². The Labute approximate surface area is 127 Å². The van der Waals surface area contributed by atoms with Crippen molar-refractivity contribution in [2.24, 2.45) is 5.73 Å². The topological polar surface area (TPSA) is 68.2 Å². The first kappa shape index (κ1) is 14.0. The molecule has 0 fully saturated rings. The Kier molecular flexibility index (Phi) is 4.17. The lowest BCUT2D eigenvalue weighted by atomic mass is 10.2. The maximum atomic E-state index is 5.59. The molecular weight excluding hydrogens is 282 g/mol. The minimum Gasteiger partial charge on any atom is -0.369 e. The monoisotopic (exact) mass is 301 g/mol. The molecule has 0 aromatic carbocycles. The van der Waals surface area contributed by atoms with Crippen molar-refractivity contribution >= 4 is 22.8 Å². The second-order valence-corrected chi connectivity index (χ2v) is 5.82. The van der Waals surface area contributed by atoms with Crippen LogP contribution in [0.5, 0.6) is 0 Å². The molecule has 3 aromatic rings. The van der Waals surface area contributed by atoms with E-state index < -0.39 is 0 Å². The number of nitrogens with one attached hydrogen (secondary N) is 1. The van der Waals surface area contributed by atoms with Gasteiger partial charge in [0.05, 0.1) is 4.88 Å². The number of nitrogens with two attached hydrogens (primary N) is 1. The van der Waals surface area contributed by atoms with Gasteiger partial charge in [-0.1, -0.05) is 19.4 Å². The fourth-order valence-electron chi connectivity index (χ4n) is 2.28. The second-order valence-electron chi connectivity index (χ2n) is 4.88. The quantitative estimate of drug-likeness (QED) is 0.734. The second kappa shape index (κ2) is 6.24. The van der Waals surface area contributed by atoms with E-state index in [2.05, 4.69) is 34.9 Å². The Bertz CT molecular complexity index is 717. The van der Waals surface area contributed by atoms with E-state index in [1.54, 1.807) is 11.3 Å². The Morgan fingerprint density at radius 2 is 2.29 bits per heavy atom. The minimum absolute atomic E-state index is 0.589. The van der Waals surface area contributed by atoms with Crippen LogP contribution in [0.15, 0.2) is 29.6 Å². The molecule has 5 nitrogen and oxygen atoms in total. The highest BCUT2D eigenvalue weighted by atomic mass is 32.1. The molecule has 0 spiro atoms. The Morgan fingerprint density at radius 1 is 1.38 bits per heavy atom. The van der Waals surface area contributed by atoms with Crippen LogP contribution in [0.25, 0.3) is 16.2 Å². The number of fused-ring (bicyclic) bond motifs is 1. The van der Waals surface area contributed by atoms with Crippen LogP contribution in [0.2, 0.25) is 0 Å². The summed E-state index contributed by atoms with van der Waals surface area (Å²) in [5.41, 5.74) is 8.52. The van der Waals surface area contributed by atoms with Crippen LogP contribution in [0, 0.1) is 0 Å². The average Bonchev–Trinajstić information content (AvgIpc) is 3.13. The van der Waals surface area contributed by atoms with Gasteiger partial charge in [0, 0.05) is 30.9 Å². The van der Waals surface area contributed by atoms with Crippen LogP contribution in [0.1, 0.15) is 19.0 Å². The SMILES string of the molecule is CCCc1cc(NCCN)n2nc(-c3cccs3)cc2n1. The van der Waals surface area contributed by atoms with E-state index in [1.807, 2.05) is 16.6 Å². The molecular formula is C15H19N5S. The molecule has 3 N–H and O–H groups in total. The molecule has 0 aliphatic carbocycles. The van der Waals surface area contributed by atoms with Gasteiger partial charge in [0.1, 0.15) is 11.5 Å². The van der Waals surface area contributed by atoms with Crippen LogP contribution in [0.3, 0.4) is 0 Å². The molecule has 110 valence electrons. The third-order valence-electron chi connectivity index (χ3n) is 3.21. The zero-order chi connectivity index (χ0) is 14.7. The number of hydrogen-bond acceptors (Lipinski definition) is 5. The maximum absolute atomic E-state index is 5.59. The summed E-state index contributed by atoms with van der Waals surface area (Å²) in [4.78, 5) is 5.85. The number of rotatable bonds is 6. The zero-order valence-electron chi connectivity index (χ0n) is 12.0. The number of thiophene rings is 1. The maximum Gasteiger partial charge on any atom is 0.158 e. The van der Waals surface area contributed by atoms with Gasteiger partial charge in [0.15, 0.2) is 5.65 Å². The normalized spacial score (nSPS) is 11.1. The fraction of sp³-hybridized carbons (Fsp3) is 0.333. The smallest absolute Gasteiger partial charge is 0.158 e. The lowest BCUT2D eigenvalue weighted by Crippen LogP contribution is -2.16. The molecule has 0 saturated carbocycles. The molecule has 3 aromatic heterocycles. The Balaban J connectivity index is 2.08. The van der Waals surface area contributed by atoms with E-state index in [1.165, 1.54) is 0 Å². The highest BCUT2D eigenvalue weighted by molar-refractivity contribution is 7.13. The molecule has 0 aliphatic heterocycles. The van der Waals surface area contributed by atoms with Crippen LogP contribution < -0.4 is 11.1 Å². The van der Waals surface area contributed by atoms with E-state index in [-0.39, 0.29) is 0 Å². The third kappa shape index (κ3) is 2.91. The van der Waals surface area contributed by atoms with E-state index >= 15 is 0 Å². The molecule has 6 heteroatoms. The van der Waals surface area contributed by atoms with Gasteiger partial charge in [-0.25, -0.2) is 4.98 Å². The lowest BCUT2D eigenvalue weighted by molar-refractivity contribution is 0.855. The third-order valence-corrected chi connectivity index (χ3v) is 4.10. The van der Waals surface area contributed by atoms with E-state index in [0.717, 1.165) is 47.1 Å². The number of aryl methyl sites for hydroxylation is 1. The van der Waals surface area contributed by atoms with Gasteiger partial charge in [-0.15, -0.1) is 11.3 Å². The van der Waals surface area contributed by atoms with E-state index in [4.69, 9.17) is 10.7 Å². The number of anilines is 1. The van der Waals surface area contributed by atoms with Gasteiger partial charge >= 0.3 is 0 Å². The highest BCUT2D eigenvalue weighted by Crippen LogP contribution is 2.25. The summed E-state index contributed by atoms with van der Waals surface area (Å²) in [6.45, 7) is 3.47. The van der Waals surface area contributed by atoms with Crippen molar-refractivity contribution in [3.05, 3.63) is 35.3 Å². The van der Waals surface area contributed by atoms with Crippen LogP contribution in [0.4, 0.5) is 5.82 Å². The molecule has 0 saturated heterocycles. The van der Waals surface area contributed by atoms with Gasteiger partial charge in [-0.3, -0.25) is 0 Å². The van der Waals surface area contributed by atoms with Gasteiger partial charge in [0.25, 0.3) is 0 Å². The number of aromatic nitrogens is 3. The molecule has 0 bridgehead atoms. The Hall–Kier alpha value is -1.92. The zero-order valence-corrected chi connectivity index (χ0v) is 12.9. The molecule has 0 radical (unpaired) electrons. The standard InChI is InChI=1S/C15H19N5S/c1-2-4-11-9-14(17-7-6-16)20-15(18-11)10-12(19-20)13-5-3-8-21-13/h3,5,8-10,17H,2,4,6-7,16H2,1H3. The fourth-order valence-corrected chi connectivity index (χ4v) is 2.96. The van der Waals surface area contributed by atoms with Gasteiger partial charge in [-0.2, -0.15) is 9.61 Å². The summed E-state index contributed by atoms with van der Waals surface area (Å²) in [6.07, 6.45) is 2.04. The van der Waals surface area contributed by atoms with Crippen molar-refractivity contribution < 1.29 is 0 Å². The van der Waals surface area contributed by atoms with E-state index in [0.29, 0.717) is 6.54 Å². The predicted molar refractivity (Wildman–Crippen MR) is 87.8 cm³/mol. The summed E-state index contributed by atoms with van der Waals surface area (Å²) in [5, 5.41) is 10.1. The summed E-state index contributed by atoms with van der Waals surface area (Å²) < 4.78 is 1.86. The van der Waals surface area contributed by atoms with E-state index in [9.17, 15) is 0 Å². The van der Waals surface area contributed by atoms with Crippen molar-refractivity contribution in [2.75, 3.05) is 18.4 Å². The summed E-state index contributed by atoms with van der Waals surface area (Å²) >= 11 is 1.69. The molecule has 3 rings (SSSR count). The van der Waals surface area contributed by atoms with Crippen LogP contribution >= 0.6 is 11.3 Å². The predicted octanol–water partition coefficient (Wildman–Crippen LogP) is 2.78. The highest BCUT2D eigenvalue weighted by Gasteiger charge is 2.11. The average molecular weight is 301 g/mol. The molecule has 21 heavy (non-hydrogen) atoms. The van der Waals surface area contributed by atoms with Crippen LogP contribution in [-0.2, 0) is 6.42 Å². The first-order valence-corrected chi connectivity index (χ1v) is 8.07. The van der Waals surface area contributed by atoms with Gasteiger partial charge < -0.3 is 11.1 Å². The summed E-state index contributed by atoms with van der Waals surface area (Å²) in [6, 6.07) is 8.22. The molecule has 0 atom stereocenters. The minimum atomic E-state index is 0.589. The van der Waals surface area contributed by atoms with Gasteiger partial charge in [0.2, 0.25) is 0 Å². The number of nitrogens with zero attached hydrogens (tertiary/aromatic N) is 3. The first-order valence-electron chi connectivity index (χ1n) is 7.19. The molecule has 0 aliphatic rings. The molecule has 3 heterocycles. The van der Waals surface area contributed by atoms with Crippen molar-refractivity contribution in [1.82, 2.24) is 14.6 Å². The van der Waals surface area contributed by atoms with Crippen molar-refractivity contribution in [1.29, 1.82) is 0 Å². The number of hydrogen-bond donors (Lipinski definition) is 2. The molecule has 0 amide bonds. The Morgan fingerprint density at radius 3 is 3.00 bits per heavy atom. The first-order chi connectivity index (χ1) is 10.3.